The van der Waals surface area contributed by atoms with Crippen LogP contribution in [0.25, 0.3) is 0 Å². The molecule has 0 amide bonds. The highest BCUT2D eigenvalue weighted by Gasteiger charge is 2.23. The molecule has 0 spiro atoms. The molecule has 0 radical (unpaired) electrons. The summed E-state index contributed by atoms with van der Waals surface area (Å²) in [4.78, 5) is 11.3. The van der Waals surface area contributed by atoms with Crippen molar-refractivity contribution < 1.29 is 4.74 Å². The van der Waals surface area contributed by atoms with E-state index in [2.05, 4.69) is 41.1 Å². The molecule has 106 valence electrons. The summed E-state index contributed by atoms with van der Waals surface area (Å²) in [7, 11) is 0. The monoisotopic (exact) mass is 265 g/mol. The van der Waals surface area contributed by atoms with Gasteiger partial charge in [0, 0.05) is 18.5 Å². The minimum atomic E-state index is 0.271. The molecule has 6 nitrogen and oxygen atoms in total. The molecule has 1 saturated heterocycles. The first-order valence-corrected chi connectivity index (χ1v) is 6.85. The summed E-state index contributed by atoms with van der Waals surface area (Å²) >= 11 is 0. The SMILES string of the molecule is CCC1COCCN1c1cc(NN)nc(C(C)C)n1. The number of hydrogen-bond donors (Lipinski definition) is 2. The van der Waals surface area contributed by atoms with Gasteiger partial charge in [-0.25, -0.2) is 15.8 Å². The van der Waals surface area contributed by atoms with Gasteiger partial charge in [-0.2, -0.15) is 0 Å². The Bertz CT molecular complexity index is 423. The molecule has 0 aliphatic carbocycles. The van der Waals surface area contributed by atoms with E-state index in [-0.39, 0.29) is 5.92 Å². The van der Waals surface area contributed by atoms with Crippen molar-refractivity contribution in [2.75, 3.05) is 30.1 Å². The summed E-state index contributed by atoms with van der Waals surface area (Å²) in [6.45, 7) is 8.67. The molecular weight excluding hydrogens is 242 g/mol. The lowest BCUT2D eigenvalue weighted by Crippen LogP contribution is -2.45. The van der Waals surface area contributed by atoms with Crippen LogP contribution in [0.4, 0.5) is 11.6 Å². The molecule has 0 bridgehead atoms. The lowest BCUT2D eigenvalue weighted by atomic mass is 10.1. The molecule has 1 unspecified atom stereocenters. The molecule has 1 aliphatic heterocycles. The Morgan fingerprint density at radius 3 is 2.95 bits per heavy atom. The Labute approximate surface area is 114 Å². The highest BCUT2D eigenvalue weighted by atomic mass is 16.5. The standard InChI is InChI=1S/C13H23N5O/c1-4-10-8-19-6-5-18(10)12-7-11(17-14)15-13(16-12)9(2)3/h7,9-10H,4-6,8,14H2,1-3H3,(H,15,16,17). The van der Waals surface area contributed by atoms with Crippen LogP contribution in [0.5, 0.6) is 0 Å². The number of morpholine rings is 1. The van der Waals surface area contributed by atoms with Crippen molar-refractivity contribution >= 4 is 11.6 Å². The van der Waals surface area contributed by atoms with Gasteiger partial charge in [0.1, 0.15) is 17.5 Å². The summed E-state index contributed by atoms with van der Waals surface area (Å²) in [5.41, 5.74) is 2.63. The molecule has 1 aliphatic rings. The number of nitrogens with two attached hydrogens (primary N) is 1. The normalized spacial score (nSPS) is 19.8. The maximum absolute atomic E-state index is 5.53. The zero-order valence-corrected chi connectivity index (χ0v) is 11.9. The van der Waals surface area contributed by atoms with Crippen LogP contribution in [0.2, 0.25) is 0 Å². The average Bonchev–Trinajstić information content (AvgIpc) is 2.46. The van der Waals surface area contributed by atoms with E-state index in [1.807, 2.05) is 6.07 Å². The molecule has 0 aromatic carbocycles. The van der Waals surface area contributed by atoms with Gasteiger partial charge in [-0.15, -0.1) is 0 Å². The quantitative estimate of drug-likeness (QED) is 0.634. The molecule has 2 heterocycles. The molecule has 0 saturated carbocycles. The van der Waals surface area contributed by atoms with E-state index >= 15 is 0 Å². The summed E-state index contributed by atoms with van der Waals surface area (Å²) in [5, 5.41) is 0. The van der Waals surface area contributed by atoms with E-state index in [4.69, 9.17) is 10.6 Å². The fraction of sp³-hybridized carbons (Fsp3) is 0.692. The summed E-state index contributed by atoms with van der Waals surface area (Å²) < 4.78 is 5.53. The summed E-state index contributed by atoms with van der Waals surface area (Å²) in [6, 6.07) is 2.27. The van der Waals surface area contributed by atoms with Gasteiger partial charge in [0.2, 0.25) is 0 Å². The second kappa shape index (κ2) is 6.16. The number of anilines is 2. The Morgan fingerprint density at radius 2 is 2.32 bits per heavy atom. The number of rotatable bonds is 4. The topological polar surface area (TPSA) is 76.3 Å². The van der Waals surface area contributed by atoms with E-state index in [1.165, 1.54) is 0 Å². The lowest BCUT2D eigenvalue weighted by Gasteiger charge is -2.36. The third-order valence-electron chi connectivity index (χ3n) is 3.39. The van der Waals surface area contributed by atoms with E-state index < -0.39 is 0 Å². The largest absolute Gasteiger partial charge is 0.377 e. The number of nitrogens with one attached hydrogen (secondary N) is 1. The van der Waals surface area contributed by atoms with Crippen molar-refractivity contribution in [2.24, 2.45) is 5.84 Å². The summed E-state index contributed by atoms with van der Waals surface area (Å²) in [5.74, 6) is 8.18. The molecule has 1 atom stereocenters. The molecule has 1 aromatic heterocycles. The molecule has 2 rings (SSSR count). The Hall–Kier alpha value is -1.40. The van der Waals surface area contributed by atoms with Gasteiger partial charge in [-0.1, -0.05) is 20.8 Å². The predicted molar refractivity (Wildman–Crippen MR) is 76.2 cm³/mol. The first-order chi connectivity index (χ1) is 9.15. The molecule has 1 aromatic rings. The highest BCUT2D eigenvalue weighted by Crippen LogP contribution is 2.23. The minimum absolute atomic E-state index is 0.271. The number of hydrazine groups is 1. The van der Waals surface area contributed by atoms with Gasteiger partial charge >= 0.3 is 0 Å². The van der Waals surface area contributed by atoms with Crippen molar-refractivity contribution in [1.29, 1.82) is 0 Å². The van der Waals surface area contributed by atoms with Crippen molar-refractivity contribution in [3.63, 3.8) is 0 Å². The smallest absolute Gasteiger partial charge is 0.145 e. The lowest BCUT2D eigenvalue weighted by molar-refractivity contribution is 0.0925. The number of ether oxygens (including phenoxy) is 1. The zero-order valence-electron chi connectivity index (χ0n) is 11.9. The third-order valence-corrected chi connectivity index (χ3v) is 3.39. The van der Waals surface area contributed by atoms with E-state index in [0.29, 0.717) is 11.9 Å². The molecular formula is C13H23N5O. The zero-order chi connectivity index (χ0) is 13.8. The Morgan fingerprint density at radius 1 is 1.53 bits per heavy atom. The molecule has 1 fully saturated rings. The van der Waals surface area contributed by atoms with E-state index in [0.717, 1.165) is 37.8 Å². The summed E-state index contributed by atoms with van der Waals surface area (Å²) in [6.07, 6.45) is 1.03. The maximum Gasteiger partial charge on any atom is 0.145 e. The first kappa shape index (κ1) is 14.0. The van der Waals surface area contributed by atoms with Crippen LogP contribution in [0.3, 0.4) is 0 Å². The fourth-order valence-electron chi connectivity index (χ4n) is 2.23. The van der Waals surface area contributed by atoms with Crippen LogP contribution in [0, 0.1) is 0 Å². The van der Waals surface area contributed by atoms with E-state index in [1.54, 1.807) is 0 Å². The average molecular weight is 265 g/mol. The Balaban J connectivity index is 2.33. The predicted octanol–water partition coefficient (Wildman–Crippen LogP) is 1.50. The van der Waals surface area contributed by atoms with Crippen LogP contribution >= 0.6 is 0 Å². The van der Waals surface area contributed by atoms with Gasteiger partial charge < -0.3 is 15.1 Å². The van der Waals surface area contributed by atoms with Crippen LogP contribution in [-0.2, 0) is 4.74 Å². The van der Waals surface area contributed by atoms with Gasteiger partial charge in [0.05, 0.1) is 19.3 Å². The second-order valence-electron chi connectivity index (χ2n) is 5.10. The van der Waals surface area contributed by atoms with Crippen LogP contribution < -0.4 is 16.2 Å². The number of nitrogen functional groups attached to an aromatic ring is 1. The second-order valence-corrected chi connectivity index (χ2v) is 5.10. The van der Waals surface area contributed by atoms with Gasteiger partial charge in [0.25, 0.3) is 0 Å². The van der Waals surface area contributed by atoms with Crippen LogP contribution in [-0.4, -0.2) is 35.8 Å². The minimum Gasteiger partial charge on any atom is -0.377 e. The molecule has 6 heteroatoms. The van der Waals surface area contributed by atoms with Crippen molar-refractivity contribution in [2.45, 2.75) is 39.2 Å². The fourth-order valence-corrected chi connectivity index (χ4v) is 2.23. The van der Waals surface area contributed by atoms with Crippen molar-refractivity contribution in [3.05, 3.63) is 11.9 Å². The van der Waals surface area contributed by atoms with Gasteiger partial charge in [-0.05, 0) is 6.42 Å². The number of hydrogen-bond acceptors (Lipinski definition) is 6. The van der Waals surface area contributed by atoms with Crippen molar-refractivity contribution in [3.8, 4) is 0 Å². The molecule has 19 heavy (non-hydrogen) atoms. The number of nitrogens with zero attached hydrogens (tertiary/aromatic N) is 3. The van der Waals surface area contributed by atoms with Crippen LogP contribution in [0.15, 0.2) is 6.07 Å². The Kier molecular flexibility index (Phi) is 4.55. The maximum atomic E-state index is 5.53. The van der Waals surface area contributed by atoms with Gasteiger partial charge in [-0.3, -0.25) is 0 Å². The first-order valence-electron chi connectivity index (χ1n) is 6.85. The van der Waals surface area contributed by atoms with Gasteiger partial charge in [0.15, 0.2) is 0 Å². The third kappa shape index (κ3) is 3.13. The highest BCUT2D eigenvalue weighted by molar-refractivity contribution is 5.50. The van der Waals surface area contributed by atoms with Crippen LogP contribution in [0.1, 0.15) is 38.9 Å². The van der Waals surface area contributed by atoms with Crippen molar-refractivity contribution in [1.82, 2.24) is 9.97 Å². The van der Waals surface area contributed by atoms with E-state index in [9.17, 15) is 0 Å². The number of aromatic nitrogens is 2. The molecule has 3 N–H and O–H groups in total.